The Morgan fingerprint density at radius 2 is 1.83 bits per heavy atom. The Morgan fingerprint density at radius 1 is 1.07 bits per heavy atom. The zero-order valence-corrected chi connectivity index (χ0v) is 17.5. The maximum Gasteiger partial charge on any atom is 0.264 e. The van der Waals surface area contributed by atoms with Crippen LogP contribution >= 0.6 is 0 Å². The first-order valence-corrected chi connectivity index (χ1v) is 10.7. The molecule has 0 aliphatic rings. The molecule has 0 aliphatic carbocycles. The van der Waals surface area contributed by atoms with Gasteiger partial charge in [0.05, 0.1) is 16.8 Å². The van der Waals surface area contributed by atoms with E-state index in [-0.39, 0.29) is 4.90 Å². The SMILES string of the molecule is Cc1ccc(N(CC(=O)N/N=C\c2cccnc2)S(=O)(=O)c2ccccc2)cc1C. The standard InChI is InChI=1S/C22H22N4O3S/c1-17-10-11-20(13-18(17)2)26(30(28,29)21-8-4-3-5-9-21)16-22(27)25-24-15-19-7-6-12-23-14-19/h3-15H,16H2,1-2H3,(H,25,27)/b24-15-. The van der Waals surface area contributed by atoms with E-state index in [1.165, 1.54) is 18.3 Å². The number of benzene rings is 2. The van der Waals surface area contributed by atoms with E-state index in [0.29, 0.717) is 11.3 Å². The van der Waals surface area contributed by atoms with Gasteiger partial charge in [-0.25, -0.2) is 13.8 Å². The van der Waals surface area contributed by atoms with Crippen molar-refractivity contribution in [2.45, 2.75) is 18.7 Å². The van der Waals surface area contributed by atoms with Crippen LogP contribution in [-0.4, -0.2) is 32.1 Å². The Hall–Kier alpha value is -3.52. The minimum Gasteiger partial charge on any atom is -0.271 e. The average Bonchev–Trinajstić information content (AvgIpc) is 2.75. The van der Waals surface area contributed by atoms with E-state index >= 15 is 0 Å². The van der Waals surface area contributed by atoms with Crippen molar-refractivity contribution in [3.8, 4) is 0 Å². The number of aromatic nitrogens is 1. The van der Waals surface area contributed by atoms with E-state index in [4.69, 9.17) is 0 Å². The van der Waals surface area contributed by atoms with Crippen LogP contribution in [-0.2, 0) is 14.8 Å². The highest BCUT2D eigenvalue weighted by atomic mass is 32.2. The molecular weight excluding hydrogens is 400 g/mol. The molecule has 0 radical (unpaired) electrons. The van der Waals surface area contributed by atoms with Crippen LogP contribution in [0.5, 0.6) is 0 Å². The predicted molar refractivity (Wildman–Crippen MR) is 117 cm³/mol. The summed E-state index contributed by atoms with van der Waals surface area (Å²) in [5, 5.41) is 3.89. The number of sulfonamides is 1. The Labute approximate surface area is 176 Å². The zero-order chi connectivity index (χ0) is 21.6. The van der Waals surface area contributed by atoms with Crippen LogP contribution in [0.1, 0.15) is 16.7 Å². The number of aryl methyl sites for hydroxylation is 2. The highest BCUT2D eigenvalue weighted by molar-refractivity contribution is 7.92. The van der Waals surface area contributed by atoms with Crippen molar-refractivity contribution in [2.24, 2.45) is 5.10 Å². The summed E-state index contributed by atoms with van der Waals surface area (Å²) < 4.78 is 27.6. The molecular formula is C22H22N4O3S. The number of hydrogen-bond acceptors (Lipinski definition) is 5. The number of hydrogen-bond donors (Lipinski definition) is 1. The third-order valence-corrected chi connectivity index (χ3v) is 6.27. The lowest BCUT2D eigenvalue weighted by Gasteiger charge is -2.24. The van der Waals surface area contributed by atoms with E-state index in [9.17, 15) is 13.2 Å². The largest absolute Gasteiger partial charge is 0.271 e. The van der Waals surface area contributed by atoms with Crippen LogP contribution in [0.15, 0.2) is 83.1 Å². The number of nitrogens with zero attached hydrogens (tertiary/aromatic N) is 3. The van der Waals surface area contributed by atoms with Crippen molar-refractivity contribution in [3.63, 3.8) is 0 Å². The fourth-order valence-corrected chi connectivity index (χ4v) is 4.15. The fourth-order valence-electron chi connectivity index (χ4n) is 2.71. The van der Waals surface area contributed by atoms with Gasteiger partial charge >= 0.3 is 0 Å². The molecule has 0 unspecified atom stereocenters. The molecule has 154 valence electrons. The first kappa shape index (κ1) is 21.2. The maximum atomic E-state index is 13.3. The van der Waals surface area contributed by atoms with Gasteiger partial charge in [-0.2, -0.15) is 5.10 Å². The molecule has 0 saturated carbocycles. The molecule has 0 bridgehead atoms. The van der Waals surface area contributed by atoms with Crippen molar-refractivity contribution in [2.75, 3.05) is 10.8 Å². The lowest BCUT2D eigenvalue weighted by Crippen LogP contribution is -2.39. The fraction of sp³-hybridized carbons (Fsp3) is 0.136. The van der Waals surface area contributed by atoms with Gasteiger partial charge < -0.3 is 0 Å². The average molecular weight is 423 g/mol. The van der Waals surface area contributed by atoms with Gasteiger partial charge in [-0.05, 0) is 55.3 Å². The normalized spacial score (nSPS) is 11.4. The second-order valence-electron chi connectivity index (χ2n) is 6.67. The van der Waals surface area contributed by atoms with E-state index < -0.39 is 22.5 Å². The molecule has 3 aromatic rings. The molecule has 8 heteroatoms. The lowest BCUT2D eigenvalue weighted by atomic mass is 10.1. The van der Waals surface area contributed by atoms with Crippen LogP contribution in [0, 0.1) is 13.8 Å². The number of carbonyl (C=O) groups excluding carboxylic acids is 1. The van der Waals surface area contributed by atoms with E-state index in [1.54, 1.807) is 54.9 Å². The van der Waals surface area contributed by atoms with Crippen molar-refractivity contribution in [1.82, 2.24) is 10.4 Å². The monoisotopic (exact) mass is 422 g/mol. The molecule has 1 aromatic heterocycles. The first-order chi connectivity index (χ1) is 14.4. The summed E-state index contributed by atoms with van der Waals surface area (Å²) in [4.78, 5) is 16.6. The molecule has 0 fully saturated rings. The third kappa shape index (κ3) is 5.09. The van der Waals surface area contributed by atoms with E-state index in [1.807, 2.05) is 19.9 Å². The third-order valence-electron chi connectivity index (χ3n) is 4.48. The molecule has 0 spiro atoms. The zero-order valence-electron chi connectivity index (χ0n) is 16.7. The molecule has 0 aliphatic heterocycles. The minimum atomic E-state index is -3.95. The summed E-state index contributed by atoms with van der Waals surface area (Å²) in [7, 11) is -3.95. The molecule has 2 aromatic carbocycles. The number of amides is 1. The molecule has 1 heterocycles. The number of rotatable bonds is 7. The Kier molecular flexibility index (Phi) is 6.58. The van der Waals surface area contributed by atoms with Gasteiger partial charge in [0.2, 0.25) is 0 Å². The summed E-state index contributed by atoms with van der Waals surface area (Å²) in [6.45, 7) is 3.42. The minimum absolute atomic E-state index is 0.106. The summed E-state index contributed by atoms with van der Waals surface area (Å²) in [5.74, 6) is -0.562. The Balaban J connectivity index is 1.87. The van der Waals surface area contributed by atoms with Crippen LogP contribution in [0.25, 0.3) is 0 Å². The number of anilines is 1. The van der Waals surface area contributed by atoms with Gasteiger partial charge in [0.1, 0.15) is 6.54 Å². The van der Waals surface area contributed by atoms with Crippen molar-refractivity contribution in [1.29, 1.82) is 0 Å². The molecule has 30 heavy (non-hydrogen) atoms. The number of hydrazone groups is 1. The highest BCUT2D eigenvalue weighted by Gasteiger charge is 2.27. The Bertz CT molecular complexity index is 1150. The molecule has 3 rings (SSSR count). The maximum absolute atomic E-state index is 13.3. The van der Waals surface area contributed by atoms with Gasteiger partial charge in [0, 0.05) is 18.0 Å². The van der Waals surface area contributed by atoms with Crippen molar-refractivity contribution in [3.05, 3.63) is 89.7 Å². The second-order valence-corrected chi connectivity index (χ2v) is 8.54. The topological polar surface area (TPSA) is 91.7 Å². The summed E-state index contributed by atoms with van der Waals surface area (Å²) in [5.41, 5.74) is 5.45. The molecule has 0 saturated heterocycles. The number of nitrogens with one attached hydrogen (secondary N) is 1. The van der Waals surface area contributed by atoms with Crippen molar-refractivity contribution < 1.29 is 13.2 Å². The highest BCUT2D eigenvalue weighted by Crippen LogP contribution is 2.25. The number of carbonyl (C=O) groups is 1. The summed E-state index contributed by atoms with van der Waals surface area (Å²) in [6.07, 6.45) is 4.67. The Morgan fingerprint density at radius 3 is 2.50 bits per heavy atom. The van der Waals surface area contributed by atoms with Gasteiger partial charge in [-0.1, -0.05) is 30.3 Å². The molecule has 7 nitrogen and oxygen atoms in total. The molecule has 1 N–H and O–H groups in total. The number of pyridine rings is 1. The van der Waals surface area contributed by atoms with Crippen LogP contribution in [0.4, 0.5) is 5.69 Å². The van der Waals surface area contributed by atoms with Crippen LogP contribution in [0.3, 0.4) is 0 Å². The summed E-state index contributed by atoms with van der Waals surface area (Å²) >= 11 is 0. The molecule has 1 amide bonds. The quantitative estimate of drug-likeness (QED) is 0.468. The van der Waals surface area contributed by atoms with Crippen LogP contribution < -0.4 is 9.73 Å². The van der Waals surface area contributed by atoms with Crippen LogP contribution in [0.2, 0.25) is 0 Å². The predicted octanol–water partition coefficient (Wildman–Crippen LogP) is 3.04. The first-order valence-electron chi connectivity index (χ1n) is 9.25. The second kappa shape index (κ2) is 9.32. The van der Waals surface area contributed by atoms with Gasteiger partial charge in [-0.15, -0.1) is 0 Å². The smallest absolute Gasteiger partial charge is 0.264 e. The lowest BCUT2D eigenvalue weighted by molar-refractivity contribution is -0.119. The molecule has 0 atom stereocenters. The van der Waals surface area contributed by atoms with Gasteiger partial charge in [0.15, 0.2) is 0 Å². The summed E-state index contributed by atoms with van der Waals surface area (Å²) in [6, 6.07) is 16.8. The van der Waals surface area contributed by atoms with Gasteiger partial charge in [0.25, 0.3) is 15.9 Å². The van der Waals surface area contributed by atoms with E-state index in [0.717, 1.165) is 15.4 Å². The van der Waals surface area contributed by atoms with E-state index in [2.05, 4.69) is 15.5 Å². The van der Waals surface area contributed by atoms with Crippen molar-refractivity contribution >= 4 is 27.8 Å². The van der Waals surface area contributed by atoms with Gasteiger partial charge in [-0.3, -0.25) is 14.1 Å².